The lowest BCUT2D eigenvalue weighted by Gasteiger charge is -2.48. The minimum absolute atomic E-state index is 0.0496. The van der Waals surface area contributed by atoms with Crippen molar-refractivity contribution >= 4 is 58.5 Å². The SMILES string of the molecule is O=C(O)C1=C(Cl)CS[C@@H]2C(NC(=O)C(C(=O)O)c3ccsc3)C(=O)N12. The second kappa shape index (κ2) is 6.70. The van der Waals surface area contributed by atoms with Crippen molar-refractivity contribution in [1.82, 2.24) is 10.2 Å². The quantitative estimate of drug-likeness (QED) is 0.492. The van der Waals surface area contributed by atoms with Crippen molar-refractivity contribution in [3.05, 3.63) is 33.1 Å². The van der Waals surface area contributed by atoms with Gasteiger partial charge in [-0.15, -0.1) is 11.8 Å². The number of hydrogen-bond acceptors (Lipinski definition) is 6. The van der Waals surface area contributed by atoms with E-state index in [1.54, 1.807) is 10.8 Å². The zero-order valence-electron chi connectivity index (χ0n) is 12.3. The van der Waals surface area contributed by atoms with E-state index >= 15 is 0 Å². The Morgan fingerprint density at radius 2 is 2.08 bits per heavy atom. The molecule has 2 aliphatic heterocycles. The van der Waals surface area contributed by atoms with Gasteiger partial charge in [0.05, 0.1) is 5.03 Å². The lowest BCUT2D eigenvalue weighted by atomic mass is 9.99. The predicted molar refractivity (Wildman–Crippen MR) is 90.2 cm³/mol. The topological polar surface area (TPSA) is 124 Å². The van der Waals surface area contributed by atoms with Crippen molar-refractivity contribution < 1.29 is 29.4 Å². The zero-order chi connectivity index (χ0) is 18.3. The van der Waals surface area contributed by atoms with E-state index in [1.807, 2.05) is 0 Å². The largest absolute Gasteiger partial charge is 0.480 e. The number of carboxylic acid groups (broad SMARTS) is 2. The minimum atomic E-state index is -1.43. The molecule has 0 aliphatic carbocycles. The summed E-state index contributed by atoms with van der Waals surface area (Å²) in [5, 5.41) is 23.6. The first-order valence-electron chi connectivity index (χ1n) is 6.94. The Kier molecular flexibility index (Phi) is 4.76. The third-order valence-electron chi connectivity index (χ3n) is 3.81. The molecule has 2 amide bonds. The average molecular weight is 403 g/mol. The lowest BCUT2D eigenvalue weighted by molar-refractivity contribution is -0.152. The number of nitrogens with one attached hydrogen (secondary N) is 1. The monoisotopic (exact) mass is 402 g/mol. The van der Waals surface area contributed by atoms with Crippen LogP contribution >= 0.6 is 34.7 Å². The highest BCUT2D eigenvalue weighted by Gasteiger charge is 2.54. The Morgan fingerprint density at radius 1 is 1.36 bits per heavy atom. The summed E-state index contributed by atoms with van der Waals surface area (Å²) in [6.45, 7) is 0. The number of aliphatic carboxylic acids is 2. The van der Waals surface area contributed by atoms with Crippen LogP contribution in [0.3, 0.4) is 0 Å². The summed E-state index contributed by atoms with van der Waals surface area (Å²) < 4.78 is 0. The van der Waals surface area contributed by atoms with Gasteiger partial charge in [-0.1, -0.05) is 11.6 Å². The number of carbonyl (C=O) groups is 4. The van der Waals surface area contributed by atoms with Crippen LogP contribution in [0.5, 0.6) is 0 Å². The maximum atomic E-state index is 12.4. The first kappa shape index (κ1) is 17.8. The second-order valence-corrected chi connectivity index (χ2v) is 7.62. The van der Waals surface area contributed by atoms with Crippen LogP contribution in [0.1, 0.15) is 11.5 Å². The molecule has 0 bridgehead atoms. The second-order valence-electron chi connectivity index (χ2n) is 5.28. The van der Waals surface area contributed by atoms with E-state index in [2.05, 4.69) is 5.32 Å². The van der Waals surface area contributed by atoms with E-state index in [0.29, 0.717) is 5.56 Å². The standard InChI is InChI=1S/C14H11ClN2O6S2/c15-6-4-25-12-8(11(19)17(12)9(6)14(22)23)16-10(18)7(13(20)21)5-1-2-24-3-5/h1-3,7-8,12H,4H2,(H,16,18)(H,20,21)(H,22,23)/t7?,8?,12-/m1/s1. The van der Waals surface area contributed by atoms with Gasteiger partial charge in [-0.2, -0.15) is 11.3 Å². The van der Waals surface area contributed by atoms with Crippen LogP contribution in [-0.2, 0) is 19.2 Å². The van der Waals surface area contributed by atoms with Gasteiger partial charge in [-0.3, -0.25) is 19.3 Å². The number of amides is 2. The van der Waals surface area contributed by atoms with E-state index < -0.39 is 41.1 Å². The molecule has 1 saturated heterocycles. The molecule has 0 radical (unpaired) electrons. The summed E-state index contributed by atoms with van der Waals surface area (Å²) >= 11 is 8.33. The summed E-state index contributed by atoms with van der Waals surface area (Å²) in [5.74, 6) is -5.34. The van der Waals surface area contributed by atoms with Gasteiger partial charge >= 0.3 is 11.9 Å². The first-order chi connectivity index (χ1) is 11.8. The zero-order valence-corrected chi connectivity index (χ0v) is 14.7. The summed E-state index contributed by atoms with van der Waals surface area (Å²) in [6.07, 6.45) is 0. The molecule has 25 heavy (non-hydrogen) atoms. The number of nitrogens with zero attached hydrogens (tertiary/aromatic N) is 1. The highest BCUT2D eigenvalue weighted by molar-refractivity contribution is 8.00. The van der Waals surface area contributed by atoms with Gasteiger partial charge in [0.25, 0.3) is 5.91 Å². The number of rotatable bonds is 5. The molecule has 3 rings (SSSR count). The number of hydrogen-bond donors (Lipinski definition) is 3. The van der Waals surface area contributed by atoms with Crippen LogP contribution in [0.4, 0.5) is 0 Å². The van der Waals surface area contributed by atoms with Crippen LogP contribution in [0, 0.1) is 0 Å². The van der Waals surface area contributed by atoms with E-state index in [4.69, 9.17) is 11.6 Å². The van der Waals surface area contributed by atoms with Gasteiger partial charge in [0.1, 0.15) is 17.1 Å². The Morgan fingerprint density at radius 3 is 2.64 bits per heavy atom. The number of carboxylic acids is 2. The van der Waals surface area contributed by atoms with Crippen molar-refractivity contribution in [2.75, 3.05) is 5.75 Å². The van der Waals surface area contributed by atoms with Gasteiger partial charge in [0.15, 0.2) is 5.92 Å². The smallest absolute Gasteiger partial charge is 0.353 e. The highest BCUT2D eigenvalue weighted by Crippen LogP contribution is 2.41. The third kappa shape index (κ3) is 3.00. The van der Waals surface area contributed by atoms with Crippen LogP contribution in [0.15, 0.2) is 27.6 Å². The number of thiophene rings is 1. The molecule has 132 valence electrons. The molecule has 1 fully saturated rings. The Hall–Kier alpha value is -2.04. The van der Waals surface area contributed by atoms with Gasteiger partial charge < -0.3 is 15.5 Å². The molecular weight excluding hydrogens is 392 g/mol. The summed E-state index contributed by atoms with van der Waals surface area (Å²) in [4.78, 5) is 48.3. The maximum Gasteiger partial charge on any atom is 0.353 e. The van der Waals surface area contributed by atoms with Crippen LogP contribution < -0.4 is 5.32 Å². The molecule has 3 heterocycles. The van der Waals surface area contributed by atoms with Crippen molar-refractivity contribution in [3.63, 3.8) is 0 Å². The molecule has 0 spiro atoms. The van der Waals surface area contributed by atoms with Gasteiger partial charge in [-0.05, 0) is 22.4 Å². The van der Waals surface area contributed by atoms with Gasteiger partial charge in [0.2, 0.25) is 5.91 Å². The van der Waals surface area contributed by atoms with Gasteiger partial charge in [-0.25, -0.2) is 4.79 Å². The fraction of sp³-hybridized carbons (Fsp3) is 0.286. The molecule has 1 aromatic rings. The molecule has 3 atom stereocenters. The fourth-order valence-electron chi connectivity index (χ4n) is 2.66. The average Bonchev–Trinajstić information content (AvgIpc) is 3.05. The number of carbonyl (C=O) groups excluding carboxylic acids is 2. The molecule has 2 unspecified atom stereocenters. The summed E-state index contributed by atoms with van der Waals surface area (Å²) in [7, 11) is 0. The maximum absolute atomic E-state index is 12.4. The van der Waals surface area contributed by atoms with E-state index in [-0.39, 0.29) is 16.5 Å². The number of fused-ring (bicyclic) bond motifs is 1. The van der Waals surface area contributed by atoms with Crippen molar-refractivity contribution in [1.29, 1.82) is 0 Å². The lowest BCUT2D eigenvalue weighted by Crippen LogP contribution is -2.70. The van der Waals surface area contributed by atoms with Crippen LogP contribution in [0.2, 0.25) is 0 Å². The van der Waals surface area contributed by atoms with Gasteiger partial charge in [0, 0.05) is 5.75 Å². The number of halogens is 1. The Labute approximate surface area is 154 Å². The molecule has 0 saturated carbocycles. The van der Waals surface area contributed by atoms with Crippen molar-refractivity contribution in [2.45, 2.75) is 17.3 Å². The molecule has 3 N–H and O–H groups in total. The van der Waals surface area contributed by atoms with Crippen LogP contribution in [-0.4, -0.2) is 56.0 Å². The molecule has 1 aromatic heterocycles. The molecule has 2 aliphatic rings. The third-order valence-corrected chi connectivity index (χ3v) is 6.26. The first-order valence-corrected chi connectivity index (χ1v) is 9.31. The predicted octanol–water partition coefficient (Wildman–Crippen LogP) is 0.851. The molecule has 0 aromatic carbocycles. The van der Waals surface area contributed by atoms with E-state index in [1.165, 1.54) is 29.2 Å². The normalized spacial score (nSPS) is 23.6. The highest BCUT2D eigenvalue weighted by atomic mass is 35.5. The molecule has 11 heteroatoms. The van der Waals surface area contributed by atoms with E-state index in [9.17, 15) is 29.4 Å². The minimum Gasteiger partial charge on any atom is -0.480 e. The fourth-order valence-corrected chi connectivity index (χ4v) is 4.90. The molecule has 8 nitrogen and oxygen atoms in total. The van der Waals surface area contributed by atoms with Crippen molar-refractivity contribution in [3.8, 4) is 0 Å². The van der Waals surface area contributed by atoms with E-state index in [0.717, 1.165) is 4.90 Å². The van der Waals surface area contributed by atoms with Crippen molar-refractivity contribution in [2.24, 2.45) is 0 Å². The Balaban J connectivity index is 1.77. The summed E-state index contributed by atoms with van der Waals surface area (Å²) in [5.41, 5.74) is 0.0256. The molecular formula is C14H11ClN2O6S2. The number of β-lactam (4-membered cyclic amide) rings is 1. The summed E-state index contributed by atoms with van der Waals surface area (Å²) in [6, 6.07) is 0.537. The van der Waals surface area contributed by atoms with Crippen LogP contribution in [0.25, 0.3) is 0 Å². The number of thioether (sulfide) groups is 1. The Bertz CT molecular complexity index is 793.